The highest BCUT2D eigenvalue weighted by Crippen LogP contribution is 2.27. The van der Waals surface area contributed by atoms with Gasteiger partial charge in [-0.25, -0.2) is 0 Å². The SMILES string of the molecule is CC(C)n1cc(Br)c2[nH]c(=S)c(C#N)cc21. The molecule has 3 nitrogen and oxygen atoms in total. The van der Waals surface area contributed by atoms with Crippen molar-refractivity contribution in [3.63, 3.8) is 0 Å². The number of fused-ring (bicyclic) bond motifs is 1. The summed E-state index contributed by atoms with van der Waals surface area (Å²) in [6, 6.07) is 4.27. The summed E-state index contributed by atoms with van der Waals surface area (Å²) in [6.45, 7) is 4.19. The van der Waals surface area contributed by atoms with E-state index in [0.717, 1.165) is 15.5 Å². The molecular weight excluding hydrogens is 286 g/mol. The van der Waals surface area contributed by atoms with Gasteiger partial charge in [0.2, 0.25) is 0 Å². The van der Waals surface area contributed by atoms with Gasteiger partial charge in [0.25, 0.3) is 0 Å². The molecule has 0 bridgehead atoms. The number of halogens is 1. The number of nitrogens with zero attached hydrogens (tertiary/aromatic N) is 2. The maximum Gasteiger partial charge on any atom is 0.121 e. The average molecular weight is 296 g/mol. The molecule has 2 heterocycles. The number of pyridine rings is 1. The Morgan fingerprint density at radius 1 is 1.56 bits per heavy atom. The van der Waals surface area contributed by atoms with E-state index in [1.165, 1.54) is 0 Å². The molecule has 0 radical (unpaired) electrons. The van der Waals surface area contributed by atoms with E-state index >= 15 is 0 Å². The summed E-state index contributed by atoms with van der Waals surface area (Å²) in [4.78, 5) is 3.08. The number of hydrogen-bond acceptors (Lipinski definition) is 2. The third-order valence-electron chi connectivity index (χ3n) is 2.47. The Labute approximate surface area is 107 Å². The van der Waals surface area contributed by atoms with Gasteiger partial charge in [-0.3, -0.25) is 0 Å². The zero-order valence-corrected chi connectivity index (χ0v) is 11.3. The highest BCUT2D eigenvalue weighted by molar-refractivity contribution is 9.10. The standard InChI is InChI=1S/C11H10BrN3S/c1-6(2)15-5-8(12)10-9(15)3-7(4-13)11(16)14-10/h3,5-6H,1-2H3,(H,14,16). The second-order valence-electron chi connectivity index (χ2n) is 3.86. The predicted octanol–water partition coefficient (Wildman–Crippen LogP) is 3.91. The van der Waals surface area contributed by atoms with Crippen LogP contribution in [0.1, 0.15) is 25.5 Å². The summed E-state index contributed by atoms with van der Waals surface area (Å²) < 4.78 is 3.55. The lowest BCUT2D eigenvalue weighted by Crippen LogP contribution is -1.98. The molecule has 2 aromatic heterocycles. The van der Waals surface area contributed by atoms with Crippen LogP contribution in [0.3, 0.4) is 0 Å². The van der Waals surface area contributed by atoms with Crippen LogP contribution in [0.15, 0.2) is 16.7 Å². The van der Waals surface area contributed by atoms with Gasteiger partial charge in [-0.2, -0.15) is 5.26 Å². The Morgan fingerprint density at radius 2 is 2.25 bits per heavy atom. The first kappa shape index (κ1) is 11.4. The fraction of sp³-hybridized carbons (Fsp3) is 0.273. The van der Waals surface area contributed by atoms with Crippen molar-refractivity contribution in [2.75, 3.05) is 0 Å². The first-order valence-corrected chi connectivity index (χ1v) is 6.08. The molecule has 0 saturated carbocycles. The van der Waals surface area contributed by atoms with Crippen LogP contribution in [0.5, 0.6) is 0 Å². The molecule has 82 valence electrons. The van der Waals surface area contributed by atoms with Crippen LogP contribution in [-0.4, -0.2) is 9.55 Å². The molecule has 2 rings (SSSR count). The number of aromatic nitrogens is 2. The lowest BCUT2D eigenvalue weighted by atomic mass is 10.2. The van der Waals surface area contributed by atoms with E-state index in [1.54, 1.807) is 0 Å². The maximum absolute atomic E-state index is 8.96. The predicted molar refractivity (Wildman–Crippen MR) is 69.9 cm³/mol. The van der Waals surface area contributed by atoms with E-state index in [-0.39, 0.29) is 0 Å². The zero-order chi connectivity index (χ0) is 11.9. The first-order valence-electron chi connectivity index (χ1n) is 4.88. The van der Waals surface area contributed by atoms with Crippen molar-refractivity contribution in [1.29, 1.82) is 5.26 Å². The van der Waals surface area contributed by atoms with Gasteiger partial charge in [0.1, 0.15) is 10.7 Å². The summed E-state index contributed by atoms with van der Waals surface area (Å²) in [5.41, 5.74) is 2.44. The number of nitrogens with one attached hydrogen (secondary N) is 1. The fourth-order valence-electron chi connectivity index (χ4n) is 1.67. The summed E-state index contributed by atoms with van der Waals surface area (Å²) in [6.07, 6.45) is 2.00. The normalized spacial score (nSPS) is 10.9. The molecule has 0 amide bonds. The number of nitriles is 1. The highest BCUT2D eigenvalue weighted by Gasteiger charge is 2.10. The lowest BCUT2D eigenvalue weighted by molar-refractivity contribution is 0.622. The second-order valence-corrected chi connectivity index (χ2v) is 5.12. The monoisotopic (exact) mass is 295 g/mol. The number of H-pyrrole nitrogens is 1. The third-order valence-corrected chi connectivity index (χ3v) is 3.39. The largest absolute Gasteiger partial charge is 0.343 e. The smallest absolute Gasteiger partial charge is 0.121 e. The minimum atomic E-state index is 0.338. The van der Waals surface area contributed by atoms with Crippen LogP contribution < -0.4 is 0 Å². The Kier molecular flexibility index (Phi) is 2.87. The van der Waals surface area contributed by atoms with E-state index in [0.29, 0.717) is 16.2 Å². The number of aromatic amines is 1. The molecule has 0 atom stereocenters. The topological polar surface area (TPSA) is 44.5 Å². The van der Waals surface area contributed by atoms with Gasteiger partial charge in [0, 0.05) is 12.2 Å². The van der Waals surface area contributed by atoms with Gasteiger partial charge in [-0.05, 0) is 35.8 Å². The van der Waals surface area contributed by atoms with E-state index < -0.39 is 0 Å². The molecule has 0 spiro atoms. The van der Waals surface area contributed by atoms with Crippen LogP contribution >= 0.6 is 28.1 Å². The van der Waals surface area contributed by atoms with Crippen molar-refractivity contribution in [3.05, 3.63) is 26.9 Å². The Hall–Kier alpha value is -1.12. The van der Waals surface area contributed by atoms with E-state index in [2.05, 4.69) is 45.4 Å². The van der Waals surface area contributed by atoms with Crippen LogP contribution in [-0.2, 0) is 0 Å². The van der Waals surface area contributed by atoms with Gasteiger partial charge < -0.3 is 9.55 Å². The average Bonchev–Trinajstić information content (AvgIpc) is 2.55. The molecular formula is C11H10BrN3S. The molecule has 1 N–H and O–H groups in total. The molecule has 0 saturated heterocycles. The van der Waals surface area contributed by atoms with E-state index in [9.17, 15) is 0 Å². The molecule has 0 unspecified atom stereocenters. The first-order chi connectivity index (χ1) is 7.54. The second kappa shape index (κ2) is 4.04. The molecule has 16 heavy (non-hydrogen) atoms. The van der Waals surface area contributed by atoms with Crippen LogP contribution in [0.25, 0.3) is 11.0 Å². The highest BCUT2D eigenvalue weighted by atomic mass is 79.9. The minimum absolute atomic E-state index is 0.338. The molecule has 0 aromatic carbocycles. The molecule has 0 fully saturated rings. The van der Waals surface area contributed by atoms with Crippen molar-refractivity contribution in [2.24, 2.45) is 0 Å². The summed E-state index contributed by atoms with van der Waals surface area (Å²) >= 11 is 8.59. The van der Waals surface area contributed by atoms with Crippen molar-refractivity contribution < 1.29 is 0 Å². The number of rotatable bonds is 1. The van der Waals surface area contributed by atoms with Gasteiger partial charge in [-0.1, -0.05) is 12.2 Å². The van der Waals surface area contributed by atoms with Crippen LogP contribution in [0, 0.1) is 16.0 Å². The van der Waals surface area contributed by atoms with Crippen molar-refractivity contribution in [1.82, 2.24) is 9.55 Å². The Balaban J connectivity index is 2.90. The van der Waals surface area contributed by atoms with Crippen molar-refractivity contribution >= 4 is 39.2 Å². The van der Waals surface area contributed by atoms with Crippen LogP contribution in [0.4, 0.5) is 0 Å². The van der Waals surface area contributed by atoms with Gasteiger partial charge >= 0.3 is 0 Å². The van der Waals surface area contributed by atoms with Crippen LogP contribution in [0.2, 0.25) is 0 Å². The number of hydrogen-bond donors (Lipinski definition) is 1. The summed E-state index contributed by atoms with van der Waals surface area (Å²) in [5.74, 6) is 0. The molecule has 0 aliphatic rings. The van der Waals surface area contributed by atoms with Crippen molar-refractivity contribution in [3.8, 4) is 6.07 Å². The van der Waals surface area contributed by atoms with E-state index in [1.807, 2.05) is 12.3 Å². The third kappa shape index (κ3) is 1.68. The molecule has 2 aromatic rings. The van der Waals surface area contributed by atoms with Gasteiger partial charge in [-0.15, -0.1) is 0 Å². The Morgan fingerprint density at radius 3 is 2.81 bits per heavy atom. The molecule has 0 aliphatic carbocycles. The molecule has 5 heteroatoms. The lowest BCUT2D eigenvalue weighted by Gasteiger charge is -2.08. The maximum atomic E-state index is 8.96. The van der Waals surface area contributed by atoms with E-state index in [4.69, 9.17) is 17.5 Å². The summed E-state index contributed by atoms with van der Waals surface area (Å²) in [7, 11) is 0. The molecule has 0 aliphatic heterocycles. The minimum Gasteiger partial charge on any atom is -0.343 e. The fourth-order valence-corrected chi connectivity index (χ4v) is 2.40. The summed E-state index contributed by atoms with van der Waals surface area (Å²) in [5, 5.41) is 8.96. The van der Waals surface area contributed by atoms with Gasteiger partial charge in [0.15, 0.2) is 0 Å². The Bertz CT molecular complexity index is 646. The quantitative estimate of drug-likeness (QED) is 0.811. The van der Waals surface area contributed by atoms with Crippen molar-refractivity contribution in [2.45, 2.75) is 19.9 Å². The van der Waals surface area contributed by atoms with Gasteiger partial charge in [0.05, 0.1) is 21.1 Å². The zero-order valence-electron chi connectivity index (χ0n) is 8.91.